The lowest BCUT2D eigenvalue weighted by Crippen LogP contribution is -2.56. The molecule has 11 aliphatic rings. The van der Waals surface area contributed by atoms with E-state index in [1.165, 1.54) is 212 Å². The molecule has 0 nitrogen and oxygen atoms in total. The van der Waals surface area contributed by atoms with Gasteiger partial charge in [-0.15, -0.1) is 0 Å². The molecule has 11 fully saturated rings. The van der Waals surface area contributed by atoms with E-state index in [1.807, 2.05) is 6.92 Å². The van der Waals surface area contributed by atoms with Crippen LogP contribution in [0.5, 0.6) is 0 Å². The summed E-state index contributed by atoms with van der Waals surface area (Å²) in [6, 6.07) is 0. The molecule has 68 heavy (non-hydrogen) atoms. The van der Waals surface area contributed by atoms with Gasteiger partial charge < -0.3 is 0 Å². The number of hydrogen-bond acceptors (Lipinski definition) is 0. The molecule has 11 aliphatic carbocycles. The van der Waals surface area contributed by atoms with Gasteiger partial charge in [0, 0.05) is 0 Å². The lowest BCUT2D eigenvalue weighted by atomic mass is 9.53. The van der Waals surface area contributed by atoms with Crippen molar-refractivity contribution in [3.63, 3.8) is 0 Å². The third-order valence-electron chi connectivity index (χ3n) is 21.5. The second kappa shape index (κ2) is 27.4. The van der Waals surface area contributed by atoms with Crippen LogP contribution in [0.1, 0.15) is 343 Å². The van der Waals surface area contributed by atoms with Gasteiger partial charge in [-0.3, -0.25) is 0 Å². The molecule has 3 heteroatoms. The highest BCUT2D eigenvalue weighted by Gasteiger charge is 2.72. The van der Waals surface area contributed by atoms with Gasteiger partial charge >= 0.3 is 6.18 Å². The first-order valence-electron chi connectivity index (χ1n) is 30.4. The molecule has 0 heterocycles. The summed E-state index contributed by atoms with van der Waals surface area (Å²) in [6.07, 6.45) is 44.2. The molecule has 0 aromatic rings. The first-order valence-corrected chi connectivity index (χ1v) is 30.4. The second-order valence-electron chi connectivity index (χ2n) is 29.7. The highest BCUT2D eigenvalue weighted by Crippen LogP contribution is 2.71. The zero-order valence-electron chi connectivity index (χ0n) is 49.9. The Bertz CT molecular complexity index is 1270. The van der Waals surface area contributed by atoms with Crippen LogP contribution in [0.4, 0.5) is 13.2 Å². The fourth-order valence-corrected chi connectivity index (χ4v) is 12.8. The first kappa shape index (κ1) is 63.9. The lowest BCUT2D eigenvalue weighted by Gasteiger charge is -2.53. The van der Waals surface area contributed by atoms with E-state index in [0.29, 0.717) is 11.3 Å². The predicted molar refractivity (Wildman–Crippen MR) is 298 cm³/mol. The van der Waals surface area contributed by atoms with Crippen molar-refractivity contribution < 1.29 is 13.2 Å². The van der Waals surface area contributed by atoms with Crippen LogP contribution in [0, 0.1) is 66.5 Å². The molecule has 2 bridgehead atoms. The Morgan fingerprint density at radius 3 is 0.691 bits per heavy atom. The van der Waals surface area contributed by atoms with E-state index < -0.39 is 11.6 Å². The first-order chi connectivity index (χ1) is 31.3. The van der Waals surface area contributed by atoms with Crippen LogP contribution in [-0.2, 0) is 0 Å². The summed E-state index contributed by atoms with van der Waals surface area (Å²) in [6.45, 7) is 40.8. The van der Waals surface area contributed by atoms with Crippen molar-refractivity contribution in [1.29, 1.82) is 0 Å². The summed E-state index contributed by atoms with van der Waals surface area (Å²) in [5.41, 5.74) is 4.60. The molecule has 0 aliphatic heterocycles. The quantitative estimate of drug-likeness (QED) is 0.249. The Balaban J connectivity index is 0.000000265. The molecule has 2 unspecified atom stereocenters. The molecule has 0 saturated heterocycles. The third kappa shape index (κ3) is 22.1. The highest BCUT2D eigenvalue weighted by atomic mass is 19.4. The van der Waals surface area contributed by atoms with E-state index in [4.69, 9.17) is 0 Å². The molecule has 406 valence electrons. The normalized spacial score (nSPS) is 31.5. The zero-order chi connectivity index (χ0) is 51.8. The van der Waals surface area contributed by atoms with Crippen LogP contribution in [0.25, 0.3) is 0 Å². The molecule has 4 atom stereocenters. The minimum atomic E-state index is -3.98. The van der Waals surface area contributed by atoms with Crippen LogP contribution in [0.2, 0.25) is 0 Å². The average Bonchev–Trinajstić information content (AvgIpc) is 3.73. The van der Waals surface area contributed by atoms with Gasteiger partial charge in [0.1, 0.15) is 0 Å². The van der Waals surface area contributed by atoms with Gasteiger partial charge in [0.25, 0.3) is 0 Å². The molecule has 0 aromatic carbocycles. The molecular formula is C65H125F3. The molecule has 0 N–H and O–H groups in total. The molecule has 0 radical (unpaired) electrons. The standard InChI is InChI=1S/C9H13F3.C9H18.2C8H16.2C7H14.2C6H12.C5H10/c1-5-6-3-4-7(5)8(6,2)9(10,11)12;1-3-6-9(2)7-4-5-8-9;2*1-3-8(2)6-4-5-7-8;1-7(2)5-3-4-6-7;1-3-7(2)5-4-6-7;1-6(2)4-3-5-6;1-3-6(2)4-5-6;1-5(2)3-4-5/h5-7H,3-4H2,1-2H3;3-8H2,1-2H3;2*3-7H2,1-2H3;2*3-6H2,1-2H3;2*3-5H2,1-2H3;3-4H2,1-2H3/t5?,6-,7+,8?;;;;;;;;. The Morgan fingerprint density at radius 2 is 0.574 bits per heavy atom. The Kier molecular flexibility index (Phi) is 25.7. The van der Waals surface area contributed by atoms with Crippen LogP contribution in [0.15, 0.2) is 0 Å². The summed E-state index contributed by atoms with van der Waals surface area (Å²) in [5, 5.41) is 0. The predicted octanol–water partition coefficient (Wildman–Crippen LogP) is 23.9. The maximum absolute atomic E-state index is 12.6. The fourth-order valence-electron chi connectivity index (χ4n) is 12.8. The number of hydrogen-bond donors (Lipinski definition) is 0. The van der Waals surface area contributed by atoms with Crippen molar-refractivity contribution in [2.75, 3.05) is 0 Å². The summed E-state index contributed by atoms with van der Waals surface area (Å²) in [7, 11) is 0. The van der Waals surface area contributed by atoms with E-state index in [0.717, 1.165) is 50.7 Å². The van der Waals surface area contributed by atoms with Gasteiger partial charge in [-0.2, -0.15) is 13.2 Å². The zero-order valence-corrected chi connectivity index (χ0v) is 49.9. The number of fused-ring (bicyclic) bond motifs is 1. The van der Waals surface area contributed by atoms with E-state index in [1.54, 1.807) is 0 Å². The molecule has 11 saturated carbocycles. The Morgan fingerprint density at radius 1 is 0.338 bits per heavy atom. The van der Waals surface area contributed by atoms with Crippen molar-refractivity contribution >= 4 is 0 Å². The topological polar surface area (TPSA) is 0 Å². The second-order valence-corrected chi connectivity index (χ2v) is 29.7. The summed E-state index contributed by atoms with van der Waals surface area (Å²) in [4.78, 5) is 0. The van der Waals surface area contributed by atoms with E-state index in [2.05, 4.69) is 111 Å². The van der Waals surface area contributed by atoms with Crippen molar-refractivity contribution in [1.82, 2.24) is 0 Å². The van der Waals surface area contributed by atoms with Gasteiger partial charge in [-0.05, 0) is 183 Å². The van der Waals surface area contributed by atoms with Crippen LogP contribution in [0.3, 0.4) is 0 Å². The largest absolute Gasteiger partial charge is 0.394 e. The average molecular weight is 964 g/mol. The van der Waals surface area contributed by atoms with Crippen LogP contribution < -0.4 is 0 Å². The summed E-state index contributed by atoms with van der Waals surface area (Å²) in [5.74, 6) is 0.113. The van der Waals surface area contributed by atoms with Gasteiger partial charge in [0.05, 0.1) is 5.41 Å². The van der Waals surface area contributed by atoms with Crippen molar-refractivity contribution in [3.05, 3.63) is 0 Å². The number of halogens is 3. The van der Waals surface area contributed by atoms with Gasteiger partial charge in [0.2, 0.25) is 0 Å². The smallest absolute Gasteiger partial charge is 0.170 e. The summed E-state index contributed by atoms with van der Waals surface area (Å²) >= 11 is 0. The maximum atomic E-state index is 12.6. The van der Waals surface area contributed by atoms with Gasteiger partial charge in [-0.1, -0.05) is 221 Å². The molecule has 0 amide bonds. The third-order valence-corrected chi connectivity index (χ3v) is 21.5. The number of alkyl halides is 3. The SMILES string of the molecule is CC1(C)CC1.CC1(C)CCC1.CC1(C)CCCC1.CC1[C@H]2CC[C@@H]1C2(C)C(F)(F)F.CCC1(C)CC1.CCC1(C)CCC1.CCC1(C)CCCC1.CCC1(C)CCCC1.CCCC1(C)CCCC1. The minimum absolute atomic E-state index is 0.0949. The lowest BCUT2D eigenvalue weighted by molar-refractivity contribution is -0.291. The van der Waals surface area contributed by atoms with E-state index in [9.17, 15) is 13.2 Å². The van der Waals surface area contributed by atoms with Crippen molar-refractivity contribution in [2.45, 2.75) is 349 Å². The summed E-state index contributed by atoms with van der Waals surface area (Å²) < 4.78 is 37.8. The monoisotopic (exact) mass is 963 g/mol. The van der Waals surface area contributed by atoms with Gasteiger partial charge in [0.15, 0.2) is 0 Å². The van der Waals surface area contributed by atoms with Crippen LogP contribution >= 0.6 is 0 Å². The molecule has 0 aromatic heterocycles. The van der Waals surface area contributed by atoms with Gasteiger partial charge in [-0.25, -0.2) is 0 Å². The van der Waals surface area contributed by atoms with Crippen molar-refractivity contribution in [2.24, 2.45) is 66.5 Å². The molecular weight excluding hydrogens is 838 g/mol. The molecule has 0 spiro atoms. The van der Waals surface area contributed by atoms with E-state index in [-0.39, 0.29) is 11.8 Å². The highest BCUT2D eigenvalue weighted by molar-refractivity contribution is 5.12. The maximum Gasteiger partial charge on any atom is 0.394 e. The fraction of sp³-hybridized carbons (Fsp3) is 1.00. The van der Waals surface area contributed by atoms with Crippen LogP contribution in [-0.4, -0.2) is 6.18 Å². The minimum Gasteiger partial charge on any atom is -0.170 e. The number of rotatable bonds is 6. The Labute approximate surface area is 427 Å². The van der Waals surface area contributed by atoms with Crippen molar-refractivity contribution in [3.8, 4) is 0 Å². The van der Waals surface area contributed by atoms with E-state index >= 15 is 0 Å². The Hall–Kier alpha value is -0.210. The molecule has 11 rings (SSSR count).